The van der Waals surface area contributed by atoms with Crippen molar-refractivity contribution < 1.29 is 19.8 Å². The lowest BCUT2D eigenvalue weighted by molar-refractivity contribution is -0.142. The first-order valence-corrected chi connectivity index (χ1v) is 7.74. The van der Waals surface area contributed by atoms with Crippen molar-refractivity contribution in [1.82, 2.24) is 5.32 Å². The van der Waals surface area contributed by atoms with Crippen LogP contribution in [0.1, 0.15) is 71.1 Å². The molecule has 118 valence electrons. The van der Waals surface area contributed by atoms with Crippen LogP contribution in [0, 0.1) is 0 Å². The van der Waals surface area contributed by atoms with Crippen LogP contribution >= 0.6 is 0 Å². The Hall–Kier alpha value is -1.10. The largest absolute Gasteiger partial charge is 0.480 e. The Balaban J connectivity index is 3.41. The average molecular weight is 287 g/mol. The van der Waals surface area contributed by atoms with Crippen molar-refractivity contribution in [2.75, 3.05) is 6.61 Å². The van der Waals surface area contributed by atoms with E-state index in [4.69, 9.17) is 10.2 Å². The van der Waals surface area contributed by atoms with Crippen molar-refractivity contribution >= 4 is 11.9 Å². The third-order valence-corrected chi connectivity index (χ3v) is 3.32. The maximum Gasteiger partial charge on any atom is 0.328 e. The second-order valence-corrected chi connectivity index (χ2v) is 5.22. The van der Waals surface area contributed by atoms with Gasteiger partial charge in [-0.25, -0.2) is 4.79 Å². The van der Waals surface area contributed by atoms with Crippen LogP contribution in [0.2, 0.25) is 0 Å². The molecule has 0 saturated heterocycles. The van der Waals surface area contributed by atoms with Gasteiger partial charge in [0.1, 0.15) is 6.04 Å². The molecule has 0 saturated carbocycles. The SMILES string of the molecule is CCCCCCCCCCCC(=O)N[C@H](CO)C(=O)O. The predicted octanol–water partition coefficient (Wildman–Crippen LogP) is 2.47. The summed E-state index contributed by atoms with van der Waals surface area (Å²) in [6, 6.07) is -1.18. The zero-order chi connectivity index (χ0) is 15.2. The van der Waals surface area contributed by atoms with Gasteiger partial charge < -0.3 is 15.5 Å². The van der Waals surface area contributed by atoms with E-state index in [0.29, 0.717) is 6.42 Å². The third kappa shape index (κ3) is 10.8. The quantitative estimate of drug-likeness (QED) is 0.454. The summed E-state index contributed by atoms with van der Waals surface area (Å²) in [5.74, 6) is -1.50. The van der Waals surface area contributed by atoms with Gasteiger partial charge in [0, 0.05) is 6.42 Å². The molecule has 20 heavy (non-hydrogen) atoms. The zero-order valence-corrected chi connectivity index (χ0v) is 12.6. The lowest BCUT2D eigenvalue weighted by Gasteiger charge is -2.11. The predicted molar refractivity (Wildman–Crippen MR) is 78.5 cm³/mol. The first-order valence-electron chi connectivity index (χ1n) is 7.74. The second kappa shape index (κ2) is 12.9. The summed E-state index contributed by atoms with van der Waals surface area (Å²) in [6.07, 6.45) is 10.9. The molecule has 0 rings (SSSR count). The van der Waals surface area contributed by atoms with Crippen molar-refractivity contribution in [3.63, 3.8) is 0 Å². The minimum Gasteiger partial charge on any atom is -0.480 e. The van der Waals surface area contributed by atoms with Gasteiger partial charge in [-0.2, -0.15) is 0 Å². The number of carboxylic acids is 1. The summed E-state index contributed by atoms with van der Waals surface area (Å²) < 4.78 is 0. The number of hydrogen-bond acceptors (Lipinski definition) is 3. The van der Waals surface area contributed by atoms with E-state index in [1.54, 1.807) is 0 Å². The highest BCUT2D eigenvalue weighted by molar-refractivity contribution is 5.83. The second-order valence-electron chi connectivity index (χ2n) is 5.22. The molecule has 0 aromatic carbocycles. The van der Waals surface area contributed by atoms with Crippen LogP contribution in [0.25, 0.3) is 0 Å². The normalized spacial score (nSPS) is 12.1. The molecular formula is C15H29NO4. The molecule has 1 amide bonds. The smallest absolute Gasteiger partial charge is 0.328 e. The summed E-state index contributed by atoms with van der Waals surface area (Å²) in [6.45, 7) is 1.63. The molecule has 5 nitrogen and oxygen atoms in total. The van der Waals surface area contributed by atoms with Crippen LogP contribution in [-0.4, -0.2) is 34.7 Å². The number of aliphatic hydroxyl groups excluding tert-OH is 1. The summed E-state index contributed by atoms with van der Waals surface area (Å²) in [5.41, 5.74) is 0. The molecule has 0 radical (unpaired) electrons. The van der Waals surface area contributed by atoms with Gasteiger partial charge in [-0.3, -0.25) is 4.79 Å². The number of carbonyl (C=O) groups excluding carboxylic acids is 1. The fourth-order valence-corrected chi connectivity index (χ4v) is 2.05. The van der Waals surface area contributed by atoms with E-state index in [-0.39, 0.29) is 5.91 Å². The van der Waals surface area contributed by atoms with Crippen LogP contribution in [-0.2, 0) is 9.59 Å². The minimum absolute atomic E-state index is 0.297. The lowest BCUT2D eigenvalue weighted by Crippen LogP contribution is -2.43. The van der Waals surface area contributed by atoms with E-state index < -0.39 is 18.6 Å². The molecule has 0 heterocycles. The van der Waals surface area contributed by atoms with Gasteiger partial charge in [0.15, 0.2) is 0 Å². The molecule has 1 atom stereocenters. The minimum atomic E-state index is -1.20. The third-order valence-electron chi connectivity index (χ3n) is 3.32. The Labute approximate surface area is 121 Å². The standard InChI is InChI=1S/C15H29NO4/c1-2-3-4-5-6-7-8-9-10-11-14(18)16-13(12-17)15(19)20/h13,17H,2-12H2,1H3,(H,16,18)(H,19,20)/t13-/m1/s1. The Morgan fingerprint density at radius 1 is 0.950 bits per heavy atom. The molecule has 0 fully saturated rings. The number of aliphatic carboxylic acids is 1. The number of carboxylic acid groups (broad SMARTS) is 1. The van der Waals surface area contributed by atoms with Crippen molar-refractivity contribution in [1.29, 1.82) is 0 Å². The monoisotopic (exact) mass is 287 g/mol. The molecule has 0 aromatic rings. The van der Waals surface area contributed by atoms with Gasteiger partial charge in [0.25, 0.3) is 0 Å². The molecule has 0 aromatic heterocycles. The first kappa shape index (κ1) is 18.9. The Morgan fingerprint density at radius 3 is 1.90 bits per heavy atom. The number of amides is 1. The van der Waals surface area contributed by atoms with Crippen molar-refractivity contribution in [3.8, 4) is 0 Å². The Bertz CT molecular complexity index is 269. The van der Waals surface area contributed by atoms with Crippen molar-refractivity contribution in [2.24, 2.45) is 0 Å². The maximum absolute atomic E-state index is 11.4. The highest BCUT2D eigenvalue weighted by Crippen LogP contribution is 2.10. The van der Waals surface area contributed by atoms with E-state index in [1.165, 1.54) is 38.5 Å². The molecule has 0 spiro atoms. The lowest BCUT2D eigenvalue weighted by atomic mass is 10.1. The molecular weight excluding hydrogens is 258 g/mol. The number of nitrogens with one attached hydrogen (secondary N) is 1. The van der Waals surface area contributed by atoms with E-state index in [9.17, 15) is 9.59 Å². The van der Waals surface area contributed by atoms with E-state index >= 15 is 0 Å². The molecule has 0 aliphatic carbocycles. The van der Waals surface area contributed by atoms with Gasteiger partial charge in [0.05, 0.1) is 6.61 Å². The van der Waals surface area contributed by atoms with Gasteiger partial charge in [-0.05, 0) is 6.42 Å². The number of unbranched alkanes of at least 4 members (excludes halogenated alkanes) is 8. The van der Waals surface area contributed by atoms with Crippen LogP contribution in [0.5, 0.6) is 0 Å². The maximum atomic E-state index is 11.4. The Morgan fingerprint density at radius 2 is 1.45 bits per heavy atom. The van der Waals surface area contributed by atoms with Gasteiger partial charge in [-0.1, -0.05) is 58.3 Å². The van der Waals surface area contributed by atoms with Crippen molar-refractivity contribution in [2.45, 2.75) is 77.2 Å². The van der Waals surface area contributed by atoms with Crippen LogP contribution in [0.3, 0.4) is 0 Å². The molecule has 3 N–H and O–H groups in total. The fourth-order valence-electron chi connectivity index (χ4n) is 2.05. The summed E-state index contributed by atoms with van der Waals surface area (Å²) in [5, 5.41) is 19.8. The summed E-state index contributed by atoms with van der Waals surface area (Å²) in [7, 11) is 0. The van der Waals surface area contributed by atoms with Gasteiger partial charge in [-0.15, -0.1) is 0 Å². The summed E-state index contributed by atoms with van der Waals surface area (Å²) >= 11 is 0. The number of rotatable bonds is 13. The van der Waals surface area contributed by atoms with Crippen LogP contribution < -0.4 is 5.32 Å². The highest BCUT2D eigenvalue weighted by atomic mass is 16.4. The number of aliphatic hydroxyl groups is 1. The number of hydrogen-bond donors (Lipinski definition) is 3. The van der Waals surface area contributed by atoms with Gasteiger partial charge >= 0.3 is 5.97 Å². The molecule has 5 heteroatoms. The molecule has 0 unspecified atom stereocenters. The van der Waals surface area contributed by atoms with E-state index in [1.807, 2.05) is 0 Å². The molecule has 0 bridgehead atoms. The topological polar surface area (TPSA) is 86.6 Å². The van der Waals surface area contributed by atoms with Gasteiger partial charge in [0.2, 0.25) is 5.91 Å². The van der Waals surface area contributed by atoms with Crippen molar-refractivity contribution in [3.05, 3.63) is 0 Å². The van der Waals surface area contributed by atoms with E-state index in [0.717, 1.165) is 19.3 Å². The van der Waals surface area contributed by atoms with E-state index in [2.05, 4.69) is 12.2 Å². The highest BCUT2D eigenvalue weighted by Gasteiger charge is 2.17. The van der Waals surface area contributed by atoms with Crippen LogP contribution in [0.4, 0.5) is 0 Å². The zero-order valence-electron chi connectivity index (χ0n) is 12.6. The first-order chi connectivity index (χ1) is 9.61. The fraction of sp³-hybridized carbons (Fsp3) is 0.867. The summed E-state index contributed by atoms with van der Waals surface area (Å²) in [4.78, 5) is 22.1. The average Bonchev–Trinajstić information content (AvgIpc) is 2.42. The molecule has 0 aliphatic rings. The van der Waals surface area contributed by atoms with Crippen LogP contribution in [0.15, 0.2) is 0 Å². The number of carbonyl (C=O) groups is 2. The molecule has 0 aliphatic heterocycles. The Kier molecular flexibility index (Phi) is 12.2.